The molecule has 0 aromatic heterocycles. The molecular formula is C22H25FN2O5. The van der Waals surface area contributed by atoms with E-state index in [0.717, 1.165) is 19.3 Å². The zero-order valence-corrected chi connectivity index (χ0v) is 16.9. The summed E-state index contributed by atoms with van der Waals surface area (Å²) in [5.74, 6) is 0.389. The van der Waals surface area contributed by atoms with Crippen LogP contribution < -0.4 is 20.1 Å². The number of methoxy groups -OCH3 is 2. The molecule has 0 aliphatic heterocycles. The zero-order valence-electron chi connectivity index (χ0n) is 16.9. The first-order valence-electron chi connectivity index (χ1n) is 9.74. The van der Waals surface area contributed by atoms with Gasteiger partial charge in [-0.25, -0.2) is 9.18 Å². The molecule has 1 fully saturated rings. The number of rotatable bonds is 6. The molecule has 1 saturated carbocycles. The van der Waals surface area contributed by atoms with E-state index in [9.17, 15) is 14.0 Å². The molecular weight excluding hydrogens is 391 g/mol. The van der Waals surface area contributed by atoms with Crippen molar-refractivity contribution in [2.45, 2.75) is 37.8 Å². The van der Waals surface area contributed by atoms with Gasteiger partial charge < -0.3 is 19.5 Å². The zero-order chi connectivity index (χ0) is 21.5. The van der Waals surface area contributed by atoms with Crippen LogP contribution >= 0.6 is 0 Å². The molecule has 30 heavy (non-hydrogen) atoms. The summed E-state index contributed by atoms with van der Waals surface area (Å²) in [4.78, 5) is 24.8. The Hall–Kier alpha value is -3.29. The first kappa shape index (κ1) is 21.4. The van der Waals surface area contributed by atoms with Crippen LogP contribution in [0.5, 0.6) is 11.5 Å². The number of amides is 2. The number of nitrogens with one attached hydrogen (secondary N) is 2. The van der Waals surface area contributed by atoms with Crippen molar-refractivity contribution in [3.05, 3.63) is 53.8 Å². The van der Waals surface area contributed by atoms with Gasteiger partial charge in [0.1, 0.15) is 23.4 Å². The van der Waals surface area contributed by atoms with Crippen molar-refractivity contribution in [1.82, 2.24) is 5.32 Å². The predicted octanol–water partition coefficient (Wildman–Crippen LogP) is 4.13. The van der Waals surface area contributed by atoms with Crippen LogP contribution in [0.2, 0.25) is 0 Å². The second-order valence-corrected chi connectivity index (χ2v) is 7.06. The van der Waals surface area contributed by atoms with Crippen LogP contribution in [0.1, 0.15) is 36.0 Å². The Labute approximate surface area is 174 Å². The molecule has 2 unspecified atom stereocenters. The molecule has 0 bridgehead atoms. The summed E-state index contributed by atoms with van der Waals surface area (Å²) in [6, 6.07) is 10.3. The van der Waals surface area contributed by atoms with Gasteiger partial charge in [0.25, 0.3) is 5.91 Å². The summed E-state index contributed by atoms with van der Waals surface area (Å²) in [5.41, 5.74) is 0.865. The fourth-order valence-electron chi connectivity index (χ4n) is 3.46. The highest BCUT2D eigenvalue weighted by atomic mass is 19.1. The number of carbonyl (C=O) groups excluding carboxylic acids is 2. The number of halogens is 1. The first-order chi connectivity index (χ1) is 14.5. The minimum atomic E-state index is -0.601. The van der Waals surface area contributed by atoms with E-state index in [1.54, 1.807) is 25.3 Å². The van der Waals surface area contributed by atoms with Gasteiger partial charge in [-0.15, -0.1) is 0 Å². The molecule has 2 amide bonds. The summed E-state index contributed by atoms with van der Waals surface area (Å²) in [5, 5.41) is 5.57. The molecule has 0 radical (unpaired) electrons. The molecule has 2 atom stereocenters. The van der Waals surface area contributed by atoms with Gasteiger partial charge >= 0.3 is 6.09 Å². The Morgan fingerprint density at radius 3 is 2.50 bits per heavy atom. The van der Waals surface area contributed by atoms with Gasteiger partial charge in [0.15, 0.2) is 0 Å². The monoisotopic (exact) mass is 416 g/mol. The summed E-state index contributed by atoms with van der Waals surface area (Å²) in [6.07, 6.45) is 1.93. The minimum Gasteiger partial charge on any atom is -0.497 e. The lowest BCUT2D eigenvalue weighted by molar-refractivity contribution is 0.0712. The van der Waals surface area contributed by atoms with Crippen molar-refractivity contribution in [3.8, 4) is 11.5 Å². The second-order valence-electron chi connectivity index (χ2n) is 7.06. The maximum atomic E-state index is 13.0. The third-order valence-electron chi connectivity index (χ3n) is 4.98. The Balaban J connectivity index is 1.55. The van der Waals surface area contributed by atoms with E-state index in [1.165, 1.54) is 31.4 Å². The van der Waals surface area contributed by atoms with E-state index in [1.807, 2.05) is 0 Å². The van der Waals surface area contributed by atoms with Gasteiger partial charge in [0, 0.05) is 24.2 Å². The molecule has 7 nitrogen and oxygen atoms in total. The Bertz CT molecular complexity index is 888. The van der Waals surface area contributed by atoms with Gasteiger partial charge in [-0.05, 0) is 55.7 Å². The van der Waals surface area contributed by atoms with Crippen LogP contribution in [-0.2, 0) is 4.74 Å². The topological polar surface area (TPSA) is 85.9 Å². The average molecular weight is 416 g/mol. The molecule has 2 aromatic rings. The predicted molar refractivity (Wildman–Crippen MR) is 110 cm³/mol. The summed E-state index contributed by atoms with van der Waals surface area (Å²) in [7, 11) is 3.04. The number of benzene rings is 2. The number of carbonyl (C=O) groups is 2. The van der Waals surface area contributed by atoms with Gasteiger partial charge in [-0.2, -0.15) is 0 Å². The van der Waals surface area contributed by atoms with Crippen LogP contribution in [0.3, 0.4) is 0 Å². The van der Waals surface area contributed by atoms with Gasteiger partial charge in [-0.3, -0.25) is 10.1 Å². The fourth-order valence-corrected chi connectivity index (χ4v) is 3.46. The lowest BCUT2D eigenvalue weighted by atomic mass is 9.92. The largest absolute Gasteiger partial charge is 0.497 e. The molecule has 1 aliphatic rings. The maximum absolute atomic E-state index is 13.0. The number of anilines is 1. The second kappa shape index (κ2) is 9.96. The molecule has 8 heteroatoms. The molecule has 2 N–H and O–H groups in total. The Morgan fingerprint density at radius 2 is 1.80 bits per heavy atom. The standard InChI is InChI=1S/C22H25FN2O5/c1-28-17-10-11-19(20(13-17)29-2)21(26)24-16-4-3-5-18(12-16)30-22(27)25-15-8-6-14(23)7-9-15/h6-11,13,16,18H,3-5,12H2,1-2H3,(H,24,26)(H,25,27). The van der Waals surface area contributed by atoms with Crippen molar-refractivity contribution in [2.75, 3.05) is 19.5 Å². The normalized spacial score (nSPS) is 18.2. The smallest absolute Gasteiger partial charge is 0.411 e. The van der Waals surface area contributed by atoms with E-state index < -0.39 is 6.09 Å². The van der Waals surface area contributed by atoms with Gasteiger partial charge in [0.2, 0.25) is 0 Å². The molecule has 160 valence electrons. The fraction of sp³-hybridized carbons (Fsp3) is 0.364. The summed E-state index contributed by atoms with van der Waals surface area (Å²) < 4.78 is 28.9. The van der Waals surface area contributed by atoms with Crippen molar-refractivity contribution in [3.63, 3.8) is 0 Å². The molecule has 3 rings (SSSR count). The average Bonchev–Trinajstić information content (AvgIpc) is 2.75. The number of hydrogen-bond donors (Lipinski definition) is 2. The first-order valence-corrected chi connectivity index (χ1v) is 9.74. The molecule has 2 aromatic carbocycles. The molecule has 0 spiro atoms. The van der Waals surface area contributed by atoms with Crippen LogP contribution in [0.25, 0.3) is 0 Å². The highest BCUT2D eigenvalue weighted by Gasteiger charge is 2.27. The highest BCUT2D eigenvalue weighted by molar-refractivity contribution is 5.97. The minimum absolute atomic E-state index is 0.123. The Morgan fingerprint density at radius 1 is 1.03 bits per heavy atom. The third kappa shape index (κ3) is 5.62. The summed E-state index contributed by atoms with van der Waals surface area (Å²) in [6.45, 7) is 0. The van der Waals surface area contributed by atoms with Crippen molar-refractivity contribution in [1.29, 1.82) is 0 Å². The van der Waals surface area contributed by atoms with E-state index in [4.69, 9.17) is 14.2 Å². The summed E-state index contributed by atoms with van der Waals surface area (Å²) >= 11 is 0. The Kier molecular flexibility index (Phi) is 7.11. The van der Waals surface area contributed by atoms with Crippen molar-refractivity contribution in [2.24, 2.45) is 0 Å². The number of hydrogen-bond acceptors (Lipinski definition) is 5. The van der Waals surface area contributed by atoms with Crippen LogP contribution in [0, 0.1) is 5.82 Å². The lowest BCUT2D eigenvalue weighted by Crippen LogP contribution is -2.41. The maximum Gasteiger partial charge on any atom is 0.411 e. The molecule has 1 aliphatic carbocycles. The van der Waals surface area contributed by atoms with Crippen molar-refractivity contribution >= 4 is 17.7 Å². The van der Waals surface area contributed by atoms with Crippen molar-refractivity contribution < 1.29 is 28.2 Å². The van der Waals surface area contributed by atoms with E-state index in [0.29, 0.717) is 29.2 Å². The van der Waals surface area contributed by atoms with Crippen LogP contribution in [0.15, 0.2) is 42.5 Å². The highest BCUT2D eigenvalue weighted by Crippen LogP contribution is 2.26. The van der Waals surface area contributed by atoms with E-state index in [2.05, 4.69) is 10.6 Å². The molecule has 0 heterocycles. The van der Waals surface area contributed by atoms with E-state index in [-0.39, 0.29) is 23.9 Å². The van der Waals surface area contributed by atoms with Crippen LogP contribution in [0.4, 0.5) is 14.9 Å². The number of ether oxygens (including phenoxy) is 3. The van der Waals surface area contributed by atoms with E-state index >= 15 is 0 Å². The molecule has 0 saturated heterocycles. The lowest BCUT2D eigenvalue weighted by Gasteiger charge is -2.29. The SMILES string of the molecule is COc1ccc(C(=O)NC2CCCC(OC(=O)Nc3ccc(F)cc3)C2)c(OC)c1. The quantitative estimate of drug-likeness (QED) is 0.740. The van der Waals surface area contributed by atoms with Gasteiger partial charge in [0.05, 0.1) is 19.8 Å². The van der Waals surface area contributed by atoms with Gasteiger partial charge in [-0.1, -0.05) is 0 Å². The van der Waals surface area contributed by atoms with Crippen LogP contribution in [-0.4, -0.2) is 38.4 Å². The third-order valence-corrected chi connectivity index (χ3v) is 4.98.